The molecule has 0 saturated heterocycles. The number of halogens is 1. The highest BCUT2D eigenvalue weighted by molar-refractivity contribution is 7.98. The first kappa shape index (κ1) is 15.6. The molecule has 5 nitrogen and oxygen atoms in total. The average Bonchev–Trinajstić information content (AvgIpc) is 2.44. The van der Waals surface area contributed by atoms with Crippen molar-refractivity contribution in [1.29, 1.82) is 0 Å². The van der Waals surface area contributed by atoms with E-state index in [4.69, 9.17) is 16.3 Å². The van der Waals surface area contributed by atoms with Gasteiger partial charge in [0.2, 0.25) is 5.15 Å². The molecule has 0 aliphatic heterocycles. The first-order valence-electron chi connectivity index (χ1n) is 6.08. The highest BCUT2D eigenvalue weighted by Gasteiger charge is 2.21. The zero-order valence-electron chi connectivity index (χ0n) is 11.5. The molecule has 0 fully saturated rings. The van der Waals surface area contributed by atoms with Gasteiger partial charge in [0.05, 0.1) is 16.9 Å². The van der Waals surface area contributed by atoms with Gasteiger partial charge >= 0.3 is 5.69 Å². The van der Waals surface area contributed by atoms with Crippen LogP contribution < -0.4 is 4.74 Å². The van der Waals surface area contributed by atoms with Gasteiger partial charge in [-0.15, -0.1) is 11.8 Å². The molecular weight excluding hydrogens is 312 g/mol. The molecule has 0 unspecified atom stereocenters. The van der Waals surface area contributed by atoms with Crippen molar-refractivity contribution in [2.75, 3.05) is 7.11 Å². The van der Waals surface area contributed by atoms with E-state index in [2.05, 4.69) is 4.98 Å². The molecule has 0 saturated carbocycles. The molecule has 21 heavy (non-hydrogen) atoms. The van der Waals surface area contributed by atoms with Crippen molar-refractivity contribution in [3.8, 4) is 5.75 Å². The highest BCUT2D eigenvalue weighted by atomic mass is 35.5. The van der Waals surface area contributed by atoms with E-state index >= 15 is 0 Å². The van der Waals surface area contributed by atoms with Crippen molar-refractivity contribution in [1.82, 2.24) is 4.98 Å². The third-order valence-corrected chi connectivity index (χ3v) is 4.14. The van der Waals surface area contributed by atoms with Gasteiger partial charge in [-0.2, -0.15) is 0 Å². The van der Waals surface area contributed by atoms with Crippen LogP contribution in [-0.2, 0) is 5.75 Å². The van der Waals surface area contributed by atoms with Crippen LogP contribution in [0.2, 0.25) is 5.15 Å². The molecular formula is C14H13ClN2O3S. The Morgan fingerprint density at radius 3 is 2.62 bits per heavy atom. The number of methoxy groups -OCH3 is 1. The number of hydrogen-bond acceptors (Lipinski definition) is 5. The fourth-order valence-corrected chi connectivity index (χ4v) is 3.19. The van der Waals surface area contributed by atoms with E-state index in [0.717, 1.165) is 11.3 Å². The van der Waals surface area contributed by atoms with Gasteiger partial charge in [-0.25, -0.2) is 4.98 Å². The van der Waals surface area contributed by atoms with Crippen molar-refractivity contribution in [2.45, 2.75) is 17.6 Å². The van der Waals surface area contributed by atoms with Crippen molar-refractivity contribution < 1.29 is 9.66 Å². The lowest BCUT2D eigenvalue weighted by Gasteiger charge is -2.06. The van der Waals surface area contributed by atoms with E-state index in [0.29, 0.717) is 16.3 Å². The largest absolute Gasteiger partial charge is 0.497 e. The zero-order chi connectivity index (χ0) is 15.4. The van der Waals surface area contributed by atoms with Crippen molar-refractivity contribution in [2.24, 2.45) is 0 Å². The molecule has 0 amide bonds. The molecule has 1 aromatic carbocycles. The van der Waals surface area contributed by atoms with Crippen LogP contribution in [0.3, 0.4) is 0 Å². The molecule has 2 rings (SSSR count). The number of nitro groups is 1. The van der Waals surface area contributed by atoms with Crippen molar-refractivity contribution in [3.05, 3.63) is 56.9 Å². The number of hydrogen-bond donors (Lipinski definition) is 0. The number of nitrogens with zero attached hydrogens (tertiary/aromatic N) is 2. The van der Waals surface area contributed by atoms with E-state index in [1.165, 1.54) is 11.8 Å². The second-order valence-electron chi connectivity index (χ2n) is 4.30. The second-order valence-corrected chi connectivity index (χ2v) is 5.67. The number of aromatic nitrogens is 1. The minimum atomic E-state index is -0.495. The summed E-state index contributed by atoms with van der Waals surface area (Å²) >= 11 is 7.23. The van der Waals surface area contributed by atoms with Crippen LogP contribution in [0.15, 0.2) is 35.2 Å². The number of aryl methyl sites for hydroxylation is 1. The summed E-state index contributed by atoms with van der Waals surface area (Å²) in [4.78, 5) is 15.1. The fraction of sp³-hybridized carbons (Fsp3) is 0.214. The third-order valence-electron chi connectivity index (χ3n) is 2.78. The van der Waals surface area contributed by atoms with E-state index in [9.17, 15) is 10.1 Å². The number of thioether (sulfide) groups is 1. The predicted molar refractivity (Wildman–Crippen MR) is 83.2 cm³/mol. The van der Waals surface area contributed by atoms with Crippen LogP contribution in [0.4, 0.5) is 5.69 Å². The lowest BCUT2D eigenvalue weighted by molar-refractivity contribution is -0.387. The summed E-state index contributed by atoms with van der Waals surface area (Å²) in [7, 11) is 1.61. The molecule has 2 aromatic rings. The van der Waals surface area contributed by atoms with E-state index < -0.39 is 4.92 Å². The molecule has 0 atom stereocenters. The van der Waals surface area contributed by atoms with Crippen molar-refractivity contribution >= 4 is 29.1 Å². The van der Waals surface area contributed by atoms with Gasteiger partial charge in [-0.3, -0.25) is 10.1 Å². The summed E-state index contributed by atoms with van der Waals surface area (Å²) < 4.78 is 5.09. The minimum absolute atomic E-state index is 0.0720. The average molecular weight is 325 g/mol. The molecule has 110 valence electrons. The Labute approximate surface area is 131 Å². The summed E-state index contributed by atoms with van der Waals surface area (Å²) in [6, 6.07) is 9.24. The lowest BCUT2D eigenvalue weighted by atomic mass is 10.2. The summed E-state index contributed by atoms with van der Waals surface area (Å²) in [5, 5.41) is 11.0. The van der Waals surface area contributed by atoms with Gasteiger partial charge in [0, 0.05) is 11.4 Å². The zero-order valence-corrected chi connectivity index (χ0v) is 13.1. The Balaban J connectivity index is 2.20. The van der Waals surface area contributed by atoms with Crippen LogP contribution >= 0.6 is 23.4 Å². The number of rotatable bonds is 5. The highest BCUT2D eigenvalue weighted by Crippen LogP contribution is 2.36. The van der Waals surface area contributed by atoms with Crippen LogP contribution in [0.25, 0.3) is 0 Å². The molecule has 0 aliphatic carbocycles. The smallest absolute Gasteiger partial charge is 0.319 e. The Bertz CT molecular complexity index is 662. The van der Waals surface area contributed by atoms with E-state index in [-0.39, 0.29) is 10.8 Å². The van der Waals surface area contributed by atoms with Crippen molar-refractivity contribution in [3.63, 3.8) is 0 Å². The number of ether oxygens (including phenoxy) is 1. The van der Waals surface area contributed by atoms with Crippen LogP contribution in [-0.4, -0.2) is 17.0 Å². The van der Waals surface area contributed by atoms with Gasteiger partial charge in [-0.05, 0) is 30.7 Å². The summed E-state index contributed by atoms with van der Waals surface area (Å²) in [6.07, 6.45) is 0. The van der Waals surface area contributed by atoms with E-state index in [1.807, 2.05) is 24.3 Å². The number of pyridine rings is 1. The topological polar surface area (TPSA) is 65.3 Å². The molecule has 7 heteroatoms. The maximum atomic E-state index is 11.1. The Morgan fingerprint density at radius 1 is 1.38 bits per heavy atom. The fourth-order valence-electron chi connectivity index (χ4n) is 1.76. The quantitative estimate of drug-likeness (QED) is 0.356. The molecule has 1 heterocycles. The monoisotopic (exact) mass is 324 g/mol. The first-order chi connectivity index (χ1) is 10.0. The van der Waals surface area contributed by atoms with Gasteiger partial charge in [-0.1, -0.05) is 23.7 Å². The van der Waals surface area contributed by atoms with Crippen LogP contribution in [0, 0.1) is 17.0 Å². The summed E-state index contributed by atoms with van der Waals surface area (Å²) in [6.45, 7) is 1.76. The van der Waals surface area contributed by atoms with Crippen LogP contribution in [0.5, 0.6) is 5.75 Å². The Kier molecular flexibility index (Phi) is 5.03. The van der Waals surface area contributed by atoms with E-state index in [1.54, 1.807) is 20.1 Å². The summed E-state index contributed by atoms with van der Waals surface area (Å²) in [5.41, 5.74) is 1.56. The molecule has 1 aromatic heterocycles. The second kappa shape index (κ2) is 6.78. The molecule has 0 N–H and O–H groups in total. The van der Waals surface area contributed by atoms with Gasteiger partial charge in [0.15, 0.2) is 0 Å². The lowest BCUT2D eigenvalue weighted by Crippen LogP contribution is -1.96. The molecule has 0 radical (unpaired) electrons. The molecule has 0 bridgehead atoms. The SMILES string of the molecule is COc1ccc(CSc2cc(C)nc(Cl)c2[N+](=O)[O-])cc1. The number of benzene rings is 1. The Morgan fingerprint density at radius 2 is 2.05 bits per heavy atom. The summed E-state index contributed by atoms with van der Waals surface area (Å²) in [5.74, 6) is 1.38. The predicted octanol–water partition coefficient (Wildman–Crippen LogP) is 4.25. The third kappa shape index (κ3) is 3.86. The maximum absolute atomic E-state index is 11.1. The first-order valence-corrected chi connectivity index (χ1v) is 7.45. The minimum Gasteiger partial charge on any atom is -0.497 e. The van der Waals surface area contributed by atoms with Gasteiger partial charge in [0.25, 0.3) is 0 Å². The van der Waals surface area contributed by atoms with Gasteiger partial charge in [0.1, 0.15) is 5.75 Å². The molecule has 0 aliphatic rings. The van der Waals surface area contributed by atoms with Crippen LogP contribution in [0.1, 0.15) is 11.3 Å². The Hall–Kier alpha value is -1.79. The molecule has 0 spiro atoms. The maximum Gasteiger partial charge on any atom is 0.319 e. The van der Waals surface area contributed by atoms with Gasteiger partial charge < -0.3 is 4.74 Å². The normalized spacial score (nSPS) is 10.4. The standard InChI is InChI=1S/C14H13ClN2O3S/c1-9-7-12(13(17(18)19)14(15)16-9)21-8-10-3-5-11(20-2)6-4-10/h3-7H,8H2,1-2H3.